The van der Waals surface area contributed by atoms with Crippen LogP contribution < -0.4 is 10.5 Å². The second kappa shape index (κ2) is 10.8. The van der Waals surface area contributed by atoms with Gasteiger partial charge in [-0.05, 0) is 77.4 Å². The standard InChI is InChI=1S/C25H37N3O7/c1-24(2,3)35-22(31)25(26,21(29)30)13-17-5-7-19(8-6-17)33-16-20-15-28(23(32)34-20)14-18-9-11-27(4)12-10-18/h5-8,18,20H,9-16,26H2,1-4H3,(H,29,30). The fourth-order valence-corrected chi connectivity index (χ4v) is 4.19. The SMILES string of the molecule is CN1CCC(CN2CC(COc3ccc(CC(N)(C(=O)O)C(=O)OC(C)(C)C)cc3)OC2=O)CC1. The van der Waals surface area contributed by atoms with Gasteiger partial charge in [0.2, 0.25) is 5.54 Å². The number of carbonyl (C=O) groups excluding carboxylic acids is 2. The number of nitrogens with zero attached hydrogens (tertiary/aromatic N) is 2. The monoisotopic (exact) mass is 491 g/mol. The summed E-state index contributed by atoms with van der Waals surface area (Å²) in [6.07, 6.45) is 1.26. The van der Waals surface area contributed by atoms with Gasteiger partial charge in [0.05, 0.1) is 6.54 Å². The minimum absolute atomic E-state index is 0.211. The number of piperidine rings is 1. The number of likely N-dealkylation sites (tertiary alicyclic amines) is 1. The molecule has 10 nitrogen and oxygen atoms in total. The van der Waals surface area contributed by atoms with E-state index in [0.29, 0.717) is 30.3 Å². The summed E-state index contributed by atoms with van der Waals surface area (Å²) >= 11 is 0. The van der Waals surface area contributed by atoms with E-state index in [4.69, 9.17) is 19.9 Å². The van der Waals surface area contributed by atoms with E-state index in [-0.39, 0.29) is 25.2 Å². The lowest BCUT2D eigenvalue weighted by atomic mass is 9.91. The molecule has 1 aromatic rings. The largest absolute Gasteiger partial charge is 0.490 e. The van der Waals surface area contributed by atoms with Crippen molar-refractivity contribution in [2.75, 3.05) is 39.8 Å². The molecule has 10 heteroatoms. The van der Waals surface area contributed by atoms with E-state index in [1.165, 1.54) is 0 Å². The highest BCUT2D eigenvalue weighted by molar-refractivity contribution is 6.04. The van der Waals surface area contributed by atoms with E-state index in [9.17, 15) is 19.5 Å². The third-order valence-corrected chi connectivity index (χ3v) is 6.25. The first-order chi connectivity index (χ1) is 16.4. The Balaban J connectivity index is 1.51. The minimum Gasteiger partial charge on any atom is -0.490 e. The number of carbonyl (C=O) groups is 3. The topological polar surface area (TPSA) is 132 Å². The van der Waals surface area contributed by atoms with Crippen molar-refractivity contribution in [1.29, 1.82) is 0 Å². The van der Waals surface area contributed by atoms with Crippen LogP contribution in [0.25, 0.3) is 0 Å². The number of carboxylic acids is 1. The lowest BCUT2D eigenvalue weighted by Gasteiger charge is -2.30. The van der Waals surface area contributed by atoms with Gasteiger partial charge < -0.3 is 34.9 Å². The van der Waals surface area contributed by atoms with Crippen LogP contribution in [0.15, 0.2) is 24.3 Å². The van der Waals surface area contributed by atoms with Crippen LogP contribution in [0.3, 0.4) is 0 Å². The molecule has 0 aromatic heterocycles. The minimum atomic E-state index is -2.20. The van der Waals surface area contributed by atoms with Crippen molar-refractivity contribution in [3.8, 4) is 5.75 Å². The zero-order valence-corrected chi connectivity index (χ0v) is 21.0. The number of amides is 1. The van der Waals surface area contributed by atoms with Crippen molar-refractivity contribution < 1.29 is 33.7 Å². The maximum atomic E-state index is 12.4. The van der Waals surface area contributed by atoms with Crippen LogP contribution in [0, 0.1) is 5.92 Å². The fraction of sp³-hybridized carbons (Fsp3) is 0.640. The number of hydrogen-bond donors (Lipinski definition) is 2. The number of esters is 1. The third kappa shape index (κ3) is 7.32. The Hall–Kier alpha value is -2.85. The predicted molar refractivity (Wildman–Crippen MR) is 128 cm³/mol. The van der Waals surface area contributed by atoms with E-state index >= 15 is 0 Å². The summed E-state index contributed by atoms with van der Waals surface area (Å²) in [4.78, 5) is 40.5. The number of hydrogen-bond acceptors (Lipinski definition) is 8. The highest BCUT2D eigenvalue weighted by Crippen LogP contribution is 2.23. The Bertz CT molecular complexity index is 907. The van der Waals surface area contributed by atoms with Gasteiger partial charge in [-0.25, -0.2) is 14.4 Å². The van der Waals surface area contributed by atoms with Gasteiger partial charge in [0.15, 0.2) is 6.10 Å². The Labute approximate surface area is 206 Å². The van der Waals surface area contributed by atoms with Crippen molar-refractivity contribution >= 4 is 18.0 Å². The molecule has 0 aliphatic carbocycles. The van der Waals surface area contributed by atoms with Crippen LogP contribution in [0.5, 0.6) is 5.75 Å². The van der Waals surface area contributed by atoms with Gasteiger partial charge in [0.25, 0.3) is 0 Å². The van der Waals surface area contributed by atoms with Crippen LogP contribution in [0.1, 0.15) is 39.2 Å². The molecule has 2 saturated heterocycles. The first-order valence-corrected chi connectivity index (χ1v) is 12.0. The molecule has 0 radical (unpaired) electrons. The normalized spacial score (nSPS) is 21.3. The summed E-state index contributed by atoms with van der Waals surface area (Å²) < 4.78 is 16.5. The Morgan fingerprint density at radius 1 is 1.17 bits per heavy atom. The second-order valence-corrected chi connectivity index (χ2v) is 10.6. The average Bonchev–Trinajstić information content (AvgIpc) is 3.12. The molecule has 2 atom stereocenters. The van der Waals surface area contributed by atoms with Crippen LogP contribution in [0.4, 0.5) is 4.79 Å². The van der Waals surface area contributed by atoms with E-state index in [1.54, 1.807) is 49.9 Å². The van der Waals surface area contributed by atoms with Crippen molar-refractivity contribution in [2.45, 2.75) is 57.3 Å². The van der Waals surface area contributed by atoms with Gasteiger partial charge in [-0.15, -0.1) is 0 Å². The molecule has 1 aromatic carbocycles. The van der Waals surface area contributed by atoms with Crippen LogP contribution in [-0.4, -0.2) is 90.0 Å². The molecule has 0 saturated carbocycles. The molecule has 2 fully saturated rings. The third-order valence-electron chi connectivity index (χ3n) is 6.25. The molecule has 2 aliphatic heterocycles. The maximum Gasteiger partial charge on any atom is 0.410 e. The number of nitrogens with two attached hydrogens (primary N) is 1. The molecule has 2 aliphatic rings. The molecule has 1 amide bonds. The van der Waals surface area contributed by atoms with Gasteiger partial charge >= 0.3 is 18.0 Å². The van der Waals surface area contributed by atoms with Crippen LogP contribution in [0.2, 0.25) is 0 Å². The summed E-state index contributed by atoms with van der Waals surface area (Å²) in [6.45, 7) is 8.45. The molecule has 0 spiro atoms. The summed E-state index contributed by atoms with van der Waals surface area (Å²) in [5, 5.41) is 9.58. The smallest absolute Gasteiger partial charge is 0.410 e. The van der Waals surface area contributed by atoms with Crippen molar-refractivity contribution in [2.24, 2.45) is 11.7 Å². The number of cyclic esters (lactones) is 1. The van der Waals surface area contributed by atoms with Crippen LogP contribution >= 0.6 is 0 Å². The zero-order chi connectivity index (χ0) is 25.8. The first kappa shape index (κ1) is 26.7. The summed E-state index contributed by atoms with van der Waals surface area (Å²) in [6, 6.07) is 6.63. The Morgan fingerprint density at radius 3 is 2.37 bits per heavy atom. The number of aliphatic carboxylic acids is 1. The van der Waals surface area contributed by atoms with Gasteiger partial charge in [0, 0.05) is 13.0 Å². The molecule has 0 bridgehead atoms. The predicted octanol–water partition coefficient (Wildman–Crippen LogP) is 1.89. The molecular weight excluding hydrogens is 454 g/mol. The van der Waals surface area contributed by atoms with Gasteiger partial charge in [-0.1, -0.05) is 12.1 Å². The lowest BCUT2D eigenvalue weighted by Crippen LogP contribution is -2.58. The average molecular weight is 492 g/mol. The van der Waals surface area contributed by atoms with E-state index < -0.39 is 23.1 Å². The highest BCUT2D eigenvalue weighted by Gasteiger charge is 2.45. The van der Waals surface area contributed by atoms with Crippen molar-refractivity contribution in [3.05, 3.63) is 29.8 Å². The van der Waals surface area contributed by atoms with Crippen LogP contribution in [-0.2, 0) is 25.5 Å². The number of benzene rings is 1. The molecule has 3 N–H and O–H groups in total. The zero-order valence-electron chi connectivity index (χ0n) is 21.0. The van der Waals surface area contributed by atoms with E-state index in [0.717, 1.165) is 25.9 Å². The fourth-order valence-electron chi connectivity index (χ4n) is 4.19. The van der Waals surface area contributed by atoms with Gasteiger partial charge in [-0.2, -0.15) is 0 Å². The van der Waals surface area contributed by atoms with Gasteiger partial charge in [-0.3, -0.25) is 0 Å². The number of ether oxygens (including phenoxy) is 3. The molecule has 2 unspecified atom stereocenters. The van der Waals surface area contributed by atoms with E-state index in [1.807, 2.05) is 0 Å². The maximum absolute atomic E-state index is 12.4. The van der Waals surface area contributed by atoms with Gasteiger partial charge in [0.1, 0.15) is 18.0 Å². The Kier molecular flexibility index (Phi) is 8.27. The summed E-state index contributed by atoms with van der Waals surface area (Å²) in [7, 11) is 2.11. The lowest BCUT2D eigenvalue weighted by molar-refractivity contribution is -0.169. The molecular formula is C25H37N3O7. The Morgan fingerprint density at radius 2 is 1.80 bits per heavy atom. The number of carboxylic acid groups (broad SMARTS) is 1. The summed E-state index contributed by atoms with van der Waals surface area (Å²) in [5.41, 5.74) is 3.42. The first-order valence-electron chi connectivity index (χ1n) is 12.0. The summed E-state index contributed by atoms with van der Waals surface area (Å²) in [5.74, 6) is -1.42. The van der Waals surface area contributed by atoms with E-state index in [2.05, 4.69) is 11.9 Å². The second-order valence-electron chi connectivity index (χ2n) is 10.6. The molecule has 35 heavy (non-hydrogen) atoms. The van der Waals surface area contributed by atoms with Crippen molar-refractivity contribution in [1.82, 2.24) is 9.80 Å². The molecule has 3 rings (SSSR count). The highest BCUT2D eigenvalue weighted by atomic mass is 16.6. The van der Waals surface area contributed by atoms with Crippen molar-refractivity contribution in [3.63, 3.8) is 0 Å². The number of rotatable bonds is 9. The molecule has 194 valence electrons. The quantitative estimate of drug-likeness (QED) is 0.393. The molecule has 2 heterocycles.